The number of fused-ring (bicyclic) bond motifs is 1. The van der Waals surface area contributed by atoms with Gasteiger partial charge >= 0.3 is 0 Å². The molecule has 0 amide bonds. The summed E-state index contributed by atoms with van der Waals surface area (Å²) < 4.78 is 7.36. The van der Waals surface area contributed by atoms with Crippen LogP contribution in [0.3, 0.4) is 0 Å². The number of hydrogen-bond donors (Lipinski definition) is 1. The van der Waals surface area contributed by atoms with Gasteiger partial charge in [-0.1, -0.05) is 36.7 Å². The van der Waals surface area contributed by atoms with Gasteiger partial charge in [-0.3, -0.25) is 0 Å². The van der Waals surface area contributed by atoms with Gasteiger partial charge in [0.15, 0.2) is 0 Å². The summed E-state index contributed by atoms with van der Waals surface area (Å²) in [6.45, 7) is 6.85. The molecule has 0 bridgehead atoms. The summed E-state index contributed by atoms with van der Waals surface area (Å²) in [6.07, 6.45) is 2.47. The zero-order valence-electron chi connectivity index (χ0n) is 11.7. The number of aliphatic hydroxyl groups is 1. The third-order valence-corrected chi connectivity index (χ3v) is 5.21. The van der Waals surface area contributed by atoms with E-state index in [9.17, 15) is 5.11 Å². The number of rotatable bonds is 0. The molecule has 2 aliphatic rings. The van der Waals surface area contributed by atoms with Gasteiger partial charge in [0, 0.05) is 16.5 Å². The van der Waals surface area contributed by atoms with Crippen LogP contribution in [-0.2, 0) is 0 Å². The van der Waals surface area contributed by atoms with Gasteiger partial charge in [0.25, 0.3) is 0 Å². The number of aliphatic hydroxyl groups excluding tert-OH is 1. The molecule has 0 aromatic heterocycles. The molecule has 3 unspecified atom stereocenters. The Kier molecular flexibility index (Phi) is 2.99. The van der Waals surface area contributed by atoms with Crippen LogP contribution in [0.1, 0.15) is 51.7 Å². The van der Waals surface area contributed by atoms with Crippen LogP contribution in [0.25, 0.3) is 0 Å². The first-order chi connectivity index (χ1) is 8.81. The zero-order valence-corrected chi connectivity index (χ0v) is 13.3. The fraction of sp³-hybridized carbons (Fsp3) is 0.625. The number of ether oxygens (including phenoxy) is 1. The molecule has 1 aliphatic heterocycles. The largest absolute Gasteiger partial charge is 0.486 e. The van der Waals surface area contributed by atoms with Crippen LogP contribution in [0.4, 0.5) is 0 Å². The topological polar surface area (TPSA) is 29.5 Å². The zero-order chi connectivity index (χ0) is 13.8. The van der Waals surface area contributed by atoms with Crippen LogP contribution in [0, 0.1) is 11.3 Å². The fourth-order valence-corrected chi connectivity index (χ4v) is 4.43. The molecule has 0 saturated heterocycles. The van der Waals surface area contributed by atoms with Crippen LogP contribution < -0.4 is 4.74 Å². The second kappa shape index (κ2) is 4.23. The van der Waals surface area contributed by atoms with Crippen LogP contribution >= 0.6 is 15.9 Å². The molecule has 3 heteroatoms. The molecule has 104 valence electrons. The summed E-state index contributed by atoms with van der Waals surface area (Å²) >= 11 is 3.46. The van der Waals surface area contributed by atoms with Crippen LogP contribution in [0.2, 0.25) is 0 Å². The molecule has 3 rings (SSSR count). The number of hydrogen-bond acceptors (Lipinski definition) is 2. The Labute approximate surface area is 123 Å². The molecule has 2 nitrogen and oxygen atoms in total. The highest BCUT2D eigenvalue weighted by molar-refractivity contribution is 9.10. The van der Waals surface area contributed by atoms with Gasteiger partial charge < -0.3 is 9.84 Å². The van der Waals surface area contributed by atoms with Gasteiger partial charge in [0.2, 0.25) is 0 Å². The normalized spacial score (nSPS) is 36.1. The lowest BCUT2D eigenvalue weighted by atomic mass is 9.81. The Morgan fingerprint density at radius 2 is 2.05 bits per heavy atom. The molecule has 3 atom stereocenters. The second-order valence-corrected chi connectivity index (χ2v) is 7.93. The molecule has 1 aromatic rings. The predicted molar refractivity (Wildman–Crippen MR) is 79.3 cm³/mol. The Hall–Kier alpha value is -0.540. The highest BCUT2D eigenvalue weighted by Crippen LogP contribution is 2.55. The van der Waals surface area contributed by atoms with Crippen molar-refractivity contribution in [2.24, 2.45) is 11.3 Å². The molecule has 1 heterocycles. The predicted octanol–water partition coefficient (Wildman–Crippen LogP) is 4.46. The maximum atomic E-state index is 10.5. The monoisotopic (exact) mass is 324 g/mol. The van der Waals surface area contributed by atoms with Crippen molar-refractivity contribution >= 4 is 15.9 Å². The lowest BCUT2D eigenvalue weighted by molar-refractivity contribution is -0.0392. The van der Waals surface area contributed by atoms with Gasteiger partial charge in [-0.25, -0.2) is 0 Å². The van der Waals surface area contributed by atoms with Crippen LogP contribution in [0.5, 0.6) is 5.75 Å². The molecule has 0 radical (unpaired) electrons. The van der Waals surface area contributed by atoms with Crippen LogP contribution in [-0.4, -0.2) is 10.7 Å². The van der Waals surface area contributed by atoms with Gasteiger partial charge in [0.1, 0.15) is 11.4 Å². The van der Waals surface area contributed by atoms with Gasteiger partial charge in [0.05, 0.1) is 6.10 Å². The summed E-state index contributed by atoms with van der Waals surface area (Å²) in [5.74, 6) is 1.33. The SMILES string of the molecule is CC1CC(C)(C)CC12CC(O)c1cc(Br)ccc1O2. The van der Waals surface area contributed by atoms with E-state index in [-0.39, 0.29) is 5.60 Å². The average molecular weight is 325 g/mol. The maximum Gasteiger partial charge on any atom is 0.126 e. The summed E-state index contributed by atoms with van der Waals surface area (Å²) in [6, 6.07) is 5.93. The number of benzene rings is 1. The summed E-state index contributed by atoms with van der Waals surface area (Å²) in [5.41, 5.74) is 1.02. The third-order valence-electron chi connectivity index (χ3n) is 4.72. The quantitative estimate of drug-likeness (QED) is 0.763. The first kappa shape index (κ1) is 13.4. The molecular weight excluding hydrogens is 304 g/mol. The molecule has 1 N–H and O–H groups in total. The molecule has 1 saturated carbocycles. The highest BCUT2D eigenvalue weighted by Gasteiger charge is 2.53. The Morgan fingerprint density at radius 3 is 2.68 bits per heavy atom. The summed E-state index contributed by atoms with van der Waals surface area (Å²) in [7, 11) is 0. The van der Waals surface area contributed by atoms with Gasteiger partial charge in [-0.05, 0) is 42.4 Å². The van der Waals surface area contributed by atoms with E-state index in [0.29, 0.717) is 17.8 Å². The average Bonchev–Trinajstić information content (AvgIpc) is 2.49. The van der Waals surface area contributed by atoms with E-state index < -0.39 is 6.10 Å². The lowest BCUT2D eigenvalue weighted by Crippen LogP contribution is -2.43. The van der Waals surface area contributed by atoms with Crippen molar-refractivity contribution in [1.29, 1.82) is 0 Å². The van der Waals surface area contributed by atoms with Gasteiger partial charge in [-0.2, -0.15) is 0 Å². The van der Waals surface area contributed by atoms with Crippen molar-refractivity contribution in [2.75, 3.05) is 0 Å². The Balaban J connectivity index is 1.99. The molecule has 1 aromatic carbocycles. The van der Waals surface area contributed by atoms with E-state index >= 15 is 0 Å². The molecular formula is C16H21BrO2. The summed E-state index contributed by atoms with van der Waals surface area (Å²) in [5, 5.41) is 10.5. The lowest BCUT2D eigenvalue weighted by Gasteiger charge is -2.41. The smallest absolute Gasteiger partial charge is 0.126 e. The minimum Gasteiger partial charge on any atom is -0.486 e. The number of halogens is 1. The van der Waals surface area contributed by atoms with Crippen molar-refractivity contribution in [3.05, 3.63) is 28.2 Å². The van der Waals surface area contributed by atoms with Crippen LogP contribution in [0.15, 0.2) is 22.7 Å². The van der Waals surface area contributed by atoms with E-state index in [0.717, 1.165) is 28.6 Å². The second-order valence-electron chi connectivity index (χ2n) is 7.02. The Bertz CT molecular complexity index is 511. The molecule has 1 fully saturated rings. The van der Waals surface area contributed by atoms with E-state index in [1.807, 2.05) is 18.2 Å². The first-order valence-corrected chi connectivity index (χ1v) is 7.77. The standard InChI is InChI=1S/C16H21BrO2/c1-10-7-15(2,3)9-16(10)8-13(18)12-6-11(17)4-5-14(12)19-16/h4-6,10,13,18H,7-9H2,1-3H3. The first-order valence-electron chi connectivity index (χ1n) is 6.98. The van der Waals surface area contributed by atoms with Gasteiger partial charge in [-0.15, -0.1) is 0 Å². The fourth-order valence-electron chi connectivity index (χ4n) is 4.05. The summed E-state index contributed by atoms with van der Waals surface area (Å²) in [4.78, 5) is 0. The van der Waals surface area contributed by atoms with E-state index in [2.05, 4.69) is 36.7 Å². The minimum atomic E-state index is -0.419. The Morgan fingerprint density at radius 1 is 1.32 bits per heavy atom. The molecule has 19 heavy (non-hydrogen) atoms. The van der Waals surface area contributed by atoms with E-state index in [1.54, 1.807) is 0 Å². The van der Waals surface area contributed by atoms with E-state index in [1.165, 1.54) is 0 Å². The van der Waals surface area contributed by atoms with Crippen molar-refractivity contribution in [3.8, 4) is 5.75 Å². The minimum absolute atomic E-state index is 0.191. The third kappa shape index (κ3) is 2.21. The molecule has 1 aliphatic carbocycles. The molecule has 1 spiro atoms. The van der Waals surface area contributed by atoms with Crippen molar-refractivity contribution in [2.45, 2.75) is 51.7 Å². The van der Waals surface area contributed by atoms with Crippen molar-refractivity contribution < 1.29 is 9.84 Å². The highest BCUT2D eigenvalue weighted by atomic mass is 79.9. The maximum absolute atomic E-state index is 10.5. The van der Waals surface area contributed by atoms with Crippen molar-refractivity contribution in [3.63, 3.8) is 0 Å². The van der Waals surface area contributed by atoms with E-state index in [4.69, 9.17) is 4.74 Å². The van der Waals surface area contributed by atoms with Crippen molar-refractivity contribution in [1.82, 2.24) is 0 Å².